The van der Waals surface area contributed by atoms with E-state index in [1.807, 2.05) is 47.9 Å². The molecule has 0 unspecified atom stereocenters. The molecule has 6 aromatic rings. The van der Waals surface area contributed by atoms with Gasteiger partial charge in [-0.15, -0.1) is 34.0 Å². The van der Waals surface area contributed by atoms with Crippen molar-refractivity contribution in [3.8, 4) is 0 Å². The van der Waals surface area contributed by atoms with Gasteiger partial charge in [0.05, 0.1) is 0 Å². The van der Waals surface area contributed by atoms with E-state index in [0.717, 1.165) is 6.42 Å². The maximum absolute atomic E-state index is 2.25. The minimum Gasteiger partial charge on any atom is -0.144 e. The van der Waals surface area contributed by atoms with Crippen LogP contribution in [0.15, 0.2) is 88.9 Å². The lowest BCUT2D eigenvalue weighted by molar-refractivity contribution is 1.17. The quantitative estimate of drug-likeness (QED) is 0.216. The van der Waals surface area contributed by atoms with Gasteiger partial charge in [0.1, 0.15) is 0 Å². The van der Waals surface area contributed by atoms with Crippen molar-refractivity contribution in [3.05, 3.63) is 106 Å². The molecule has 0 aliphatic heterocycles. The van der Waals surface area contributed by atoms with Crippen LogP contribution in [0.4, 0.5) is 0 Å². The minimum absolute atomic E-state index is 1.14. The summed E-state index contributed by atoms with van der Waals surface area (Å²) in [7, 11) is 0. The van der Waals surface area contributed by atoms with Gasteiger partial charge in [-0.25, -0.2) is 0 Å². The third-order valence-corrected chi connectivity index (χ3v) is 8.47. The van der Waals surface area contributed by atoms with E-state index in [9.17, 15) is 0 Å². The number of hydrogen-bond acceptors (Lipinski definition) is 3. The van der Waals surface area contributed by atoms with Crippen molar-refractivity contribution in [3.63, 3.8) is 0 Å². The van der Waals surface area contributed by atoms with Crippen molar-refractivity contribution in [2.75, 3.05) is 0 Å². The van der Waals surface area contributed by atoms with Gasteiger partial charge in [0, 0.05) is 14.1 Å². The smallest absolute Gasteiger partial charge is 0.0345 e. The topological polar surface area (TPSA) is 0 Å². The molecule has 0 saturated carbocycles. The first-order chi connectivity index (χ1) is 16.2. The lowest BCUT2D eigenvalue weighted by Crippen LogP contribution is -1.72. The fourth-order valence-electron chi connectivity index (χ4n) is 3.53. The predicted molar refractivity (Wildman–Crippen MR) is 156 cm³/mol. The van der Waals surface area contributed by atoms with Gasteiger partial charge in [-0.3, -0.25) is 0 Å². The van der Waals surface area contributed by atoms with Crippen molar-refractivity contribution < 1.29 is 0 Å². The van der Waals surface area contributed by atoms with Gasteiger partial charge in [0.25, 0.3) is 0 Å². The van der Waals surface area contributed by atoms with E-state index >= 15 is 0 Å². The highest BCUT2D eigenvalue weighted by Crippen LogP contribution is 2.26. The molecule has 0 nitrogen and oxygen atoms in total. The van der Waals surface area contributed by atoms with Crippen LogP contribution in [0, 0.1) is 13.8 Å². The van der Waals surface area contributed by atoms with Gasteiger partial charge in [-0.1, -0.05) is 75.4 Å². The van der Waals surface area contributed by atoms with E-state index in [-0.39, 0.29) is 0 Å². The lowest BCUT2D eigenvalue weighted by atomic mass is 10.1. The van der Waals surface area contributed by atoms with Crippen molar-refractivity contribution in [1.29, 1.82) is 0 Å². The highest BCUT2D eigenvalue weighted by Gasteiger charge is 1.99. The fourth-order valence-corrected chi connectivity index (χ4v) is 6.46. The van der Waals surface area contributed by atoms with E-state index in [2.05, 4.69) is 110 Å². The molecular weight excluding hydrogens is 457 g/mol. The van der Waals surface area contributed by atoms with Crippen LogP contribution in [-0.2, 0) is 6.42 Å². The van der Waals surface area contributed by atoms with Gasteiger partial charge < -0.3 is 0 Å². The monoisotopic (exact) mass is 488 g/mol. The number of thiophene rings is 3. The van der Waals surface area contributed by atoms with Gasteiger partial charge in [0.2, 0.25) is 0 Å². The van der Waals surface area contributed by atoms with Gasteiger partial charge in [-0.2, -0.15) is 0 Å². The van der Waals surface area contributed by atoms with E-state index in [4.69, 9.17) is 0 Å². The Morgan fingerprint density at radius 3 is 1.30 bits per heavy atom. The van der Waals surface area contributed by atoms with Crippen LogP contribution in [0.5, 0.6) is 0 Å². The highest BCUT2D eigenvalue weighted by molar-refractivity contribution is 7.18. The molecule has 0 aliphatic carbocycles. The van der Waals surface area contributed by atoms with Gasteiger partial charge >= 0.3 is 0 Å². The van der Waals surface area contributed by atoms with Crippen molar-refractivity contribution in [2.24, 2.45) is 0 Å². The van der Waals surface area contributed by atoms with E-state index in [1.54, 1.807) is 0 Å². The summed E-state index contributed by atoms with van der Waals surface area (Å²) in [5, 5.41) is 10.9. The summed E-state index contributed by atoms with van der Waals surface area (Å²) >= 11 is 5.47. The van der Waals surface area contributed by atoms with Gasteiger partial charge in [0.15, 0.2) is 0 Å². The zero-order valence-electron chi connectivity index (χ0n) is 20.1. The van der Waals surface area contributed by atoms with Crippen LogP contribution >= 0.6 is 34.0 Å². The Labute approximate surface area is 210 Å². The predicted octanol–water partition coefficient (Wildman–Crippen LogP) is 10.9. The van der Waals surface area contributed by atoms with Crippen molar-refractivity contribution in [2.45, 2.75) is 41.0 Å². The molecule has 0 amide bonds. The molecule has 3 heteroatoms. The molecule has 170 valence electrons. The molecule has 0 bridgehead atoms. The zero-order chi connectivity index (χ0) is 23.6. The summed E-state index contributed by atoms with van der Waals surface area (Å²) in [6.07, 6.45) is 1.14. The number of hydrogen-bond donors (Lipinski definition) is 0. The number of aryl methyl sites for hydroxylation is 3. The molecule has 0 atom stereocenters. The van der Waals surface area contributed by atoms with Crippen molar-refractivity contribution in [1.82, 2.24) is 0 Å². The Morgan fingerprint density at radius 2 is 0.879 bits per heavy atom. The Balaban J connectivity index is 0.000000134. The number of benzene rings is 3. The molecule has 0 aliphatic rings. The summed E-state index contributed by atoms with van der Waals surface area (Å²) < 4.78 is 4.18. The average Bonchev–Trinajstić information content (AvgIpc) is 3.59. The number of rotatable bonds is 1. The van der Waals surface area contributed by atoms with Crippen LogP contribution in [0.1, 0.15) is 37.5 Å². The minimum atomic E-state index is 1.14. The Kier molecular flexibility index (Phi) is 9.68. The number of fused-ring (bicyclic) bond motifs is 3. The van der Waals surface area contributed by atoms with Crippen LogP contribution in [-0.4, -0.2) is 0 Å². The molecule has 3 heterocycles. The molecule has 6 rings (SSSR count). The average molecular weight is 489 g/mol. The van der Waals surface area contributed by atoms with E-state index in [0.29, 0.717) is 0 Å². The standard InChI is InChI=1S/C10H10S.2C9H8S.C2H6/c1-2-8-7-11-10-6-4-3-5-9(8)10;2*1-7-6-10-9-5-3-2-4-8(7)9;1-2/h3-7H,2H2,1H3;2*2-6H,1H3;1-2H3. The zero-order valence-corrected chi connectivity index (χ0v) is 22.5. The molecule has 3 aromatic heterocycles. The highest BCUT2D eigenvalue weighted by atomic mass is 32.1. The molecule has 0 saturated heterocycles. The molecule has 33 heavy (non-hydrogen) atoms. The van der Waals surface area contributed by atoms with Crippen LogP contribution in [0.2, 0.25) is 0 Å². The largest absolute Gasteiger partial charge is 0.144 e. The molecule has 0 radical (unpaired) electrons. The Bertz CT molecular complexity index is 1330. The third kappa shape index (κ3) is 6.32. The van der Waals surface area contributed by atoms with Gasteiger partial charge in [-0.05, 0) is 87.5 Å². The van der Waals surface area contributed by atoms with Crippen LogP contribution < -0.4 is 0 Å². The normalized spacial score (nSPS) is 10.1. The molecule has 0 spiro atoms. The first kappa shape index (κ1) is 25.2. The van der Waals surface area contributed by atoms with Crippen LogP contribution in [0.25, 0.3) is 30.3 Å². The second-order valence-corrected chi connectivity index (χ2v) is 10.2. The second kappa shape index (κ2) is 12.7. The molecule has 0 N–H and O–H groups in total. The first-order valence-corrected chi connectivity index (χ1v) is 14.1. The third-order valence-electron chi connectivity index (χ3n) is 5.29. The summed E-state index contributed by atoms with van der Waals surface area (Å²) in [6, 6.07) is 25.6. The Morgan fingerprint density at radius 1 is 0.515 bits per heavy atom. The van der Waals surface area contributed by atoms with E-state index in [1.165, 1.54) is 46.9 Å². The summed E-state index contributed by atoms with van der Waals surface area (Å²) in [4.78, 5) is 0. The summed E-state index contributed by atoms with van der Waals surface area (Å²) in [5.41, 5.74) is 4.26. The maximum atomic E-state index is 2.25. The molecule has 0 fully saturated rings. The lowest BCUT2D eigenvalue weighted by Gasteiger charge is -1.90. The second-order valence-electron chi connectivity index (χ2n) is 7.44. The Hall–Kier alpha value is -2.46. The molecule has 3 aromatic carbocycles. The van der Waals surface area contributed by atoms with E-state index < -0.39 is 0 Å². The molecular formula is C30H32S3. The SMILES string of the molecule is CC.CCc1csc2ccccc12.Cc1csc2ccccc12.Cc1csc2ccccc12. The fraction of sp³-hybridized carbons (Fsp3) is 0.200. The van der Waals surface area contributed by atoms with Crippen LogP contribution in [0.3, 0.4) is 0 Å². The summed E-state index contributed by atoms with van der Waals surface area (Å²) in [6.45, 7) is 10.5. The summed E-state index contributed by atoms with van der Waals surface area (Å²) in [5.74, 6) is 0. The maximum Gasteiger partial charge on any atom is 0.0345 e. The first-order valence-electron chi connectivity index (χ1n) is 11.5. The van der Waals surface area contributed by atoms with Crippen molar-refractivity contribution >= 4 is 64.3 Å².